The molecule has 83 valence electrons. The molecule has 0 aliphatic carbocycles. The highest BCUT2D eigenvalue weighted by Crippen LogP contribution is 2.23. The summed E-state index contributed by atoms with van der Waals surface area (Å²) >= 11 is 0. The summed E-state index contributed by atoms with van der Waals surface area (Å²) < 4.78 is 0. The summed E-state index contributed by atoms with van der Waals surface area (Å²) in [6.07, 6.45) is 4.79. The number of aryl methyl sites for hydroxylation is 2. The summed E-state index contributed by atoms with van der Waals surface area (Å²) in [7, 11) is 0. The van der Waals surface area contributed by atoms with E-state index in [4.69, 9.17) is 0 Å². The zero-order chi connectivity index (χ0) is 11.4. The van der Waals surface area contributed by atoms with Crippen LogP contribution in [0.25, 0.3) is 0 Å². The third kappa shape index (κ3) is 2.84. The van der Waals surface area contributed by atoms with Crippen LogP contribution in [0.2, 0.25) is 0 Å². The molecule has 0 heterocycles. The van der Waals surface area contributed by atoms with Crippen LogP contribution in [-0.2, 0) is 6.42 Å². The van der Waals surface area contributed by atoms with Crippen molar-refractivity contribution in [3.05, 3.63) is 40.8 Å². The molecule has 0 atom stereocenters. The van der Waals surface area contributed by atoms with Gasteiger partial charge in [0.15, 0.2) is 0 Å². The Hall–Kier alpha value is -0.780. The fourth-order valence-corrected chi connectivity index (χ4v) is 2.20. The van der Waals surface area contributed by atoms with Gasteiger partial charge >= 0.3 is 0 Å². The maximum Gasteiger partial charge on any atom is -0.0274 e. The highest BCUT2D eigenvalue weighted by molar-refractivity contribution is 5.43. The second kappa shape index (κ2) is 5.34. The Morgan fingerprint density at radius 2 is 1.60 bits per heavy atom. The van der Waals surface area contributed by atoms with E-state index < -0.39 is 0 Å². The van der Waals surface area contributed by atoms with Crippen LogP contribution in [-0.4, -0.2) is 0 Å². The normalized spacial score (nSPS) is 10.7. The quantitative estimate of drug-likeness (QED) is 0.633. The molecule has 0 heteroatoms. The van der Waals surface area contributed by atoms with Crippen LogP contribution in [0.4, 0.5) is 0 Å². The summed E-state index contributed by atoms with van der Waals surface area (Å²) in [4.78, 5) is 0. The van der Waals surface area contributed by atoms with E-state index in [-0.39, 0.29) is 0 Å². The maximum absolute atomic E-state index is 3.89. The average molecular weight is 203 g/mol. The molecule has 0 fully saturated rings. The molecule has 0 N–H and O–H groups in total. The Morgan fingerprint density at radius 3 is 2.20 bits per heavy atom. The first-order valence-electron chi connectivity index (χ1n) is 5.93. The van der Waals surface area contributed by atoms with Gasteiger partial charge in [-0.2, -0.15) is 0 Å². The highest BCUT2D eigenvalue weighted by atomic mass is 14.1. The van der Waals surface area contributed by atoms with E-state index in [1.165, 1.54) is 41.5 Å². The summed E-state index contributed by atoms with van der Waals surface area (Å²) in [5.74, 6) is 0. The van der Waals surface area contributed by atoms with Crippen LogP contribution in [0.3, 0.4) is 0 Å². The Labute approximate surface area is 94.7 Å². The number of hydrogen-bond donors (Lipinski definition) is 0. The molecular weight excluding hydrogens is 180 g/mol. The van der Waals surface area contributed by atoms with Gasteiger partial charge in [-0.25, -0.2) is 0 Å². The van der Waals surface area contributed by atoms with Gasteiger partial charge in [-0.3, -0.25) is 0 Å². The van der Waals surface area contributed by atoms with Crippen molar-refractivity contribution < 1.29 is 0 Å². The molecule has 0 aliphatic rings. The lowest BCUT2D eigenvalue weighted by molar-refractivity contribution is 0.740. The zero-order valence-corrected chi connectivity index (χ0v) is 10.6. The predicted octanol–water partition coefficient (Wildman–Crippen LogP) is 4.47. The van der Waals surface area contributed by atoms with Gasteiger partial charge in [0.05, 0.1) is 0 Å². The van der Waals surface area contributed by atoms with Crippen LogP contribution in [0.1, 0.15) is 47.1 Å². The molecule has 1 rings (SSSR count). The maximum atomic E-state index is 3.89. The van der Waals surface area contributed by atoms with E-state index in [9.17, 15) is 0 Å². The van der Waals surface area contributed by atoms with Crippen LogP contribution >= 0.6 is 0 Å². The largest absolute Gasteiger partial charge is 0.0558 e. The van der Waals surface area contributed by atoms with Crippen molar-refractivity contribution in [3.8, 4) is 0 Å². The Morgan fingerprint density at radius 1 is 0.933 bits per heavy atom. The van der Waals surface area contributed by atoms with Crippen molar-refractivity contribution in [1.82, 2.24) is 0 Å². The molecule has 0 spiro atoms. The minimum absolute atomic E-state index is 1.06. The standard InChI is InChI=1S/C15H23/c1-6-7-8-9-15-12(3)10-11(2)13(4)14(15)5/h10H,1,6-9H2,2-5H3. The summed E-state index contributed by atoms with van der Waals surface area (Å²) in [6, 6.07) is 2.32. The molecule has 1 aromatic carbocycles. The Bertz CT molecular complexity index is 334. The van der Waals surface area contributed by atoms with E-state index in [1.54, 1.807) is 5.56 Å². The molecule has 0 saturated heterocycles. The monoisotopic (exact) mass is 203 g/mol. The molecule has 0 aliphatic heterocycles. The summed E-state index contributed by atoms with van der Waals surface area (Å²) in [5, 5.41) is 0. The lowest BCUT2D eigenvalue weighted by Gasteiger charge is -2.14. The van der Waals surface area contributed by atoms with Crippen molar-refractivity contribution in [2.24, 2.45) is 0 Å². The Kier molecular flexibility index (Phi) is 4.38. The van der Waals surface area contributed by atoms with Gasteiger partial charge in [-0.15, -0.1) is 0 Å². The van der Waals surface area contributed by atoms with Gasteiger partial charge in [0.1, 0.15) is 0 Å². The SMILES string of the molecule is [CH2]CCCCc1c(C)cc(C)c(C)c1C. The molecule has 0 aromatic heterocycles. The molecular formula is C15H23. The molecule has 0 nitrogen and oxygen atoms in total. The van der Waals surface area contributed by atoms with Crippen LogP contribution < -0.4 is 0 Å². The number of hydrogen-bond acceptors (Lipinski definition) is 0. The highest BCUT2D eigenvalue weighted by Gasteiger charge is 2.07. The van der Waals surface area contributed by atoms with Crippen molar-refractivity contribution in [3.63, 3.8) is 0 Å². The van der Waals surface area contributed by atoms with Gasteiger partial charge in [0, 0.05) is 0 Å². The average Bonchev–Trinajstić information content (AvgIpc) is 2.20. The van der Waals surface area contributed by atoms with Crippen molar-refractivity contribution in [2.75, 3.05) is 0 Å². The first-order chi connectivity index (χ1) is 7.07. The number of benzene rings is 1. The van der Waals surface area contributed by atoms with E-state index >= 15 is 0 Å². The fraction of sp³-hybridized carbons (Fsp3) is 0.533. The minimum Gasteiger partial charge on any atom is -0.0558 e. The summed E-state index contributed by atoms with van der Waals surface area (Å²) in [6.45, 7) is 12.8. The molecule has 1 radical (unpaired) electrons. The Balaban J connectivity index is 2.92. The minimum atomic E-state index is 1.06. The number of unbranched alkanes of at least 4 members (excludes halogenated alkanes) is 2. The van der Waals surface area contributed by atoms with E-state index in [0.29, 0.717) is 0 Å². The molecule has 0 unspecified atom stereocenters. The van der Waals surface area contributed by atoms with E-state index in [1.807, 2.05) is 0 Å². The predicted molar refractivity (Wildman–Crippen MR) is 68.3 cm³/mol. The second-order valence-corrected chi connectivity index (χ2v) is 4.55. The van der Waals surface area contributed by atoms with Crippen LogP contribution in [0, 0.1) is 34.6 Å². The van der Waals surface area contributed by atoms with E-state index in [2.05, 4.69) is 40.7 Å². The summed E-state index contributed by atoms with van der Waals surface area (Å²) in [5.41, 5.74) is 7.40. The third-order valence-corrected chi connectivity index (χ3v) is 3.44. The molecule has 0 saturated carbocycles. The topological polar surface area (TPSA) is 0 Å². The van der Waals surface area contributed by atoms with Crippen LogP contribution in [0.5, 0.6) is 0 Å². The second-order valence-electron chi connectivity index (χ2n) is 4.55. The molecule has 1 aromatic rings. The molecule has 15 heavy (non-hydrogen) atoms. The fourth-order valence-electron chi connectivity index (χ4n) is 2.20. The zero-order valence-electron chi connectivity index (χ0n) is 10.6. The first kappa shape index (κ1) is 12.3. The van der Waals surface area contributed by atoms with Gasteiger partial charge in [-0.1, -0.05) is 25.8 Å². The van der Waals surface area contributed by atoms with Crippen molar-refractivity contribution >= 4 is 0 Å². The van der Waals surface area contributed by atoms with Gasteiger partial charge < -0.3 is 0 Å². The lowest BCUT2D eigenvalue weighted by Crippen LogP contribution is -1.99. The van der Waals surface area contributed by atoms with E-state index in [0.717, 1.165) is 6.42 Å². The van der Waals surface area contributed by atoms with Crippen LogP contribution in [0.15, 0.2) is 6.07 Å². The molecule has 0 bridgehead atoms. The van der Waals surface area contributed by atoms with Crippen molar-refractivity contribution in [2.45, 2.75) is 53.4 Å². The van der Waals surface area contributed by atoms with Gasteiger partial charge in [0.25, 0.3) is 0 Å². The molecule has 0 amide bonds. The smallest absolute Gasteiger partial charge is 0.0274 e. The third-order valence-electron chi connectivity index (χ3n) is 3.44. The number of rotatable bonds is 4. The van der Waals surface area contributed by atoms with Crippen molar-refractivity contribution in [1.29, 1.82) is 0 Å². The van der Waals surface area contributed by atoms with Gasteiger partial charge in [-0.05, 0) is 68.4 Å². The van der Waals surface area contributed by atoms with Gasteiger partial charge in [0.2, 0.25) is 0 Å². The lowest BCUT2D eigenvalue weighted by atomic mass is 9.91. The first-order valence-corrected chi connectivity index (χ1v) is 5.93.